The van der Waals surface area contributed by atoms with Gasteiger partial charge in [0.05, 0.1) is 4.92 Å². The molecule has 1 N–H and O–H groups in total. The van der Waals surface area contributed by atoms with Gasteiger partial charge in [0.1, 0.15) is 11.7 Å². The molecule has 5 rings (SSSR count). The van der Waals surface area contributed by atoms with Gasteiger partial charge in [-0.25, -0.2) is 0 Å². The van der Waals surface area contributed by atoms with E-state index in [2.05, 4.69) is 17.5 Å². The minimum Gasteiger partial charge on any atom is -0.353 e. The summed E-state index contributed by atoms with van der Waals surface area (Å²) in [6, 6.07) is 16.2. The molecule has 0 unspecified atom stereocenters. The van der Waals surface area contributed by atoms with Crippen LogP contribution in [-0.4, -0.2) is 23.4 Å². The standard InChI is InChI=1S/C23H23N3O3/c27-23(24-13-15-6-2-1-3-7-15)22-21-17-11-10-16(12-17)18(21)14-25(22)19-8-4-5-9-20(19)26(28)29/h1-11,16-18,21-22H,12-14H2,(H,24,27)/t16-,17+,18-,21+,22+/m1/s1. The van der Waals surface area contributed by atoms with E-state index in [1.165, 1.54) is 6.07 Å². The summed E-state index contributed by atoms with van der Waals surface area (Å²) < 4.78 is 0. The number of allylic oxidation sites excluding steroid dienone is 2. The van der Waals surface area contributed by atoms with Gasteiger partial charge in [0, 0.05) is 19.2 Å². The van der Waals surface area contributed by atoms with Crippen LogP contribution < -0.4 is 10.2 Å². The summed E-state index contributed by atoms with van der Waals surface area (Å²) in [6.45, 7) is 1.15. The molecule has 1 heterocycles. The van der Waals surface area contributed by atoms with Gasteiger partial charge in [-0.3, -0.25) is 14.9 Å². The van der Waals surface area contributed by atoms with Gasteiger partial charge in [0.2, 0.25) is 5.91 Å². The zero-order chi connectivity index (χ0) is 20.0. The van der Waals surface area contributed by atoms with Crippen molar-refractivity contribution in [2.45, 2.75) is 19.0 Å². The Bertz CT molecular complexity index is 974. The summed E-state index contributed by atoms with van der Waals surface area (Å²) in [5.74, 6) is 1.39. The van der Waals surface area contributed by atoms with E-state index in [9.17, 15) is 14.9 Å². The second-order valence-corrected chi connectivity index (χ2v) is 8.24. The third-order valence-corrected chi connectivity index (χ3v) is 6.76. The minimum atomic E-state index is -0.384. The van der Waals surface area contributed by atoms with Crippen LogP contribution >= 0.6 is 0 Å². The normalized spacial score (nSPS) is 29.1. The number of fused-ring (bicyclic) bond motifs is 5. The predicted molar refractivity (Wildman–Crippen MR) is 110 cm³/mol. The number of para-hydroxylation sites is 2. The van der Waals surface area contributed by atoms with Crippen molar-refractivity contribution in [3.05, 3.63) is 82.4 Å². The summed E-state index contributed by atoms with van der Waals surface area (Å²) in [4.78, 5) is 26.6. The number of anilines is 1. The highest BCUT2D eigenvalue weighted by molar-refractivity contribution is 5.88. The van der Waals surface area contributed by atoms with Crippen molar-refractivity contribution in [3.63, 3.8) is 0 Å². The number of nitrogens with zero attached hydrogens (tertiary/aromatic N) is 2. The third-order valence-electron chi connectivity index (χ3n) is 6.76. The highest BCUT2D eigenvalue weighted by atomic mass is 16.6. The number of nitro benzene ring substituents is 1. The van der Waals surface area contributed by atoms with Crippen LogP contribution in [0.15, 0.2) is 66.7 Å². The van der Waals surface area contributed by atoms with Crippen molar-refractivity contribution in [1.29, 1.82) is 0 Å². The molecule has 1 saturated carbocycles. The van der Waals surface area contributed by atoms with Gasteiger partial charge in [-0.15, -0.1) is 0 Å². The first-order chi connectivity index (χ1) is 14.1. The molecular formula is C23H23N3O3. The predicted octanol–water partition coefficient (Wildman–Crippen LogP) is 3.54. The molecule has 2 aromatic rings. The van der Waals surface area contributed by atoms with Crippen molar-refractivity contribution in [1.82, 2.24) is 5.32 Å². The van der Waals surface area contributed by atoms with E-state index in [1.54, 1.807) is 12.1 Å². The molecule has 2 fully saturated rings. The Morgan fingerprint density at radius 2 is 1.79 bits per heavy atom. The molecule has 1 amide bonds. The average Bonchev–Trinajstić information content (AvgIpc) is 3.45. The number of rotatable bonds is 5. The lowest BCUT2D eigenvalue weighted by Crippen LogP contribution is -2.47. The Balaban J connectivity index is 1.46. The second-order valence-electron chi connectivity index (χ2n) is 8.24. The highest BCUT2D eigenvalue weighted by Gasteiger charge is 2.57. The number of hydrogen-bond donors (Lipinski definition) is 1. The highest BCUT2D eigenvalue weighted by Crippen LogP contribution is 2.55. The Hall–Kier alpha value is -3.15. The van der Waals surface area contributed by atoms with E-state index >= 15 is 0 Å². The Morgan fingerprint density at radius 1 is 1.07 bits per heavy atom. The fraction of sp³-hybridized carbons (Fsp3) is 0.348. The monoisotopic (exact) mass is 389 g/mol. The second kappa shape index (κ2) is 7.03. The molecule has 0 radical (unpaired) electrons. The number of hydrogen-bond acceptors (Lipinski definition) is 4. The number of carbonyl (C=O) groups is 1. The van der Waals surface area contributed by atoms with Crippen LogP contribution in [0.4, 0.5) is 11.4 Å². The van der Waals surface area contributed by atoms with E-state index in [4.69, 9.17) is 0 Å². The number of benzene rings is 2. The summed E-state index contributed by atoms with van der Waals surface area (Å²) in [5, 5.41) is 14.7. The fourth-order valence-corrected chi connectivity index (χ4v) is 5.55. The van der Waals surface area contributed by atoms with E-state index in [1.807, 2.05) is 41.3 Å². The van der Waals surface area contributed by atoms with Crippen LogP contribution in [0.5, 0.6) is 0 Å². The van der Waals surface area contributed by atoms with Crippen LogP contribution in [0, 0.1) is 33.8 Å². The molecule has 2 aliphatic carbocycles. The summed E-state index contributed by atoms with van der Waals surface area (Å²) >= 11 is 0. The summed E-state index contributed by atoms with van der Waals surface area (Å²) in [5.41, 5.74) is 1.65. The van der Waals surface area contributed by atoms with Gasteiger partial charge in [0.15, 0.2) is 0 Å². The quantitative estimate of drug-likeness (QED) is 0.482. The molecule has 0 spiro atoms. The summed E-state index contributed by atoms with van der Waals surface area (Å²) in [6.07, 6.45) is 5.61. The van der Waals surface area contributed by atoms with Crippen LogP contribution in [0.3, 0.4) is 0 Å². The Kier molecular flexibility index (Phi) is 4.34. The number of nitrogens with one attached hydrogen (secondary N) is 1. The largest absolute Gasteiger partial charge is 0.353 e. The average molecular weight is 389 g/mol. The first-order valence-corrected chi connectivity index (χ1v) is 10.1. The molecule has 3 aliphatic rings. The molecular weight excluding hydrogens is 366 g/mol. The number of amides is 1. The molecule has 5 atom stereocenters. The van der Waals surface area contributed by atoms with Crippen molar-refractivity contribution >= 4 is 17.3 Å². The molecule has 2 bridgehead atoms. The van der Waals surface area contributed by atoms with E-state index < -0.39 is 0 Å². The van der Waals surface area contributed by atoms with Gasteiger partial charge >= 0.3 is 0 Å². The summed E-state index contributed by atoms with van der Waals surface area (Å²) in [7, 11) is 0. The van der Waals surface area contributed by atoms with Gasteiger partial charge in [-0.05, 0) is 41.7 Å². The lowest BCUT2D eigenvalue weighted by molar-refractivity contribution is -0.384. The van der Waals surface area contributed by atoms with Crippen LogP contribution in [0.2, 0.25) is 0 Å². The molecule has 29 heavy (non-hydrogen) atoms. The third kappa shape index (κ3) is 2.99. The van der Waals surface area contributed by atoms with E-state index in [0.29, 0.717) is 36.5 Å². The van der Waals surface area contributed by atoms with Crippen molar-refractivity contribution in [3.8, 4) is 0 Å². The maximum absolute atomic E-state index is 13.4. The fourth-order valence-electron chi connectivity index (χ4n) is 5.55. The van der Waals surface area contributed by atoms with Crippen molar-refractivity contribution < 1.29 is 9.72 Å². The molecule has 1 saturated heterocycles. The maximum atomic E-state index is 13.4. The molecule has 2 aromatic carbocycles. The molecule has 1 aliphatic heterocycles. The zero-order valence-electron chi connectivity index (χ0n) is 16.0. The van der Waals surface area contributed by atoms with E-state index in [0.717, 1.165) is 12.0 Å². The first-order valence-electron chi connectivity index (χ1n) is 10.1. The Morgan fingerprint density at radius 3 is 2.59 bits per heavy atom. The van der Waals surface area contributed by atoms with Gasteiger partial charge in [0.25, 0.3) is 5.69 Å². The lowest BCUT2D eigenvalue weighted by atomic mass is 9.81. The first kappa shape index (κ1) is 17.9. The Labute approximate surface area is 169 Å². The van der Waals surface area contributed by atoms with E-state index in [-0.39, 0.29) is 28.5 Å². The number of carbonyl (C=O) groups excluding carboxylic acids is 1. The SMILES string of the molecule is O=C(NCc1ccccc1)[C@@H]1[C@@H]2[C@H](CN1c1ccccc1[N+](=O)[O-])[C@@H]1C=C[C@H]2C1. The molecule has 0 aromatic heterocycles. The minimum absolute atomic E-state index is 0.0412. The van der Waals surface area contributed by atoms with Gasteiger partial charge < -0.3 is 10.2 Å². The molecule has 6 nitrogen and oxygen atoms in total. The maximum Gasteiger partial charge on any atom is 0.292 e. The number of nitro groups is 1. The topological polar surface area (TPSA) is 75.5 Å². The van der Waals surface area contributed by atoms with Crippen LogP contribution in [0.1, 0.15) is 12.0 Å². The van der Waals surface area contributed by atoms with Crippen molar-refractivity contribution in [2.24, 2.45) is 23.7 Å². The van der Waals surface area contributed by atoms with Crippen molar-refractivity contribution in [2.75, 3.05) is 11.4 Å². The lowest BCUT2D eigenvalue weighted by Gasteiger charge is -2.30. The molecule has 6 heteroatoms. The van der Waals surface area contributed by atoms with Gasteiger partial charge in [-0.1, -0.05) is 54.6 Å². The zero-order valence-corrected chi connectivity index (χ0v) is 16.0. The van der Waals surface area contributed by atoms with Crippen LogP contribution in [-0.2, 0) is 11.3 Å². The van der Waals surface area contributed by atoms with Gasteiger partial charge in [-0.2, -0.15) is 0 Å². The molecule has 148 valence electrons. The smallest absolute Gasteiger partial charge is 0.292 e. The van der Waals surface area contributed by atoms with Crippen LogP contribution in [0.25, 0.3) is 0 Å².